The number of ether oxygens (including phenoxy) is 1. The summed E-state index contributed by atoms with van der Waals surface area (Å²) in [5.41, 5.74) is 0.913. The van der Waals surface area contributed by atoms with Crippen molar-refractivity contribution in [3.63, 3.8) is 0 Å². The lowest BCUT2D eigenvalue weighted by Crippen LogP contribution is -2.54. The van der Waals surface area contributed by atoms with E-state index < -0.39 is 0 Å². The number of likely N-dealkylation sites (N-methyl/N-ethyl adjacent to an activating group) is 1. The van der Waals surface area contributed by atoms with Gasteiger partial charge in [0.15, 0.2) is 5.76 Å². The topological polar surface area (TPSA) is 49.2 Å². The number of nitrogens with zero attached hydrogens (tertiary/aromatic N) is 3. The minimum absolute atomic E-state index is 0.0228. The maximum atomic E-state index is 13.0. The molecule has 3 aliphatic heterocycles. The molecule has 0 spiro atoms. The summed E-state index contributed by atoms with van der Waals surface area (Å²) in [5, 5.41) is 0. The summed E-state index contributed by atoms with van der Waals surface area (Å²) in [6, 6.07) is 2.35. The molecule has 3 atom stereocenters. The van der Waals surface area contributed by atoms with E-state index >= 15 is 0 Å². The van der Waals surface area contributed by atoms with Crippen molar-refractivity contribution in [1.29, 1.82) is 0 Å². The molecule has 3 fully saturated rings. The van der Waals surface area contributed by atoms with Gasteiger partial charge in [0.25, 0.3) is 5.91 Å². The first-order valence-electron chi connectivity index (χ1n) is 9.04. The summed E-state index contributed by atoms with van der Waals surface area (Å²) < 4.78 is 11.6. The second-order valence-electron chi connectivity index (χ2n) is 7.34. The van der Waals surface area contributed by atoms with E-state index in [1.165, 1.54) is 0 Å². The van der Waals surface area contributed by atoms with Crippen LogP contribution in [-0.4, -0.2) is 85.2 Å². The van der Waals surface area contributed by atoms with Gasteiger partial charge in [-0.3, -0.25) is 9.69 Å². The van der Waals surface area contributed by atoms with Gasteiger partial charge in [0, 0.05) is 44.9 Å². The van der Waals surface area contributed by atoms with E-state index in [9.17, 15) is 4.79 Å². The molecule has 132 valence electrons. The van der Waals surface area contributed by atoms with E-state index in [0.717, 1.165) is 57.7 Å². The normalized spacial score (nSPS) is 32.1. The number of piperazine rings is 1. The number of carbonyl (C=O) groups excluding carboxylic acids is 1. The number of amides is 1. The summed E-state index contributed by atoms with van der Waals surface area (Å²) >= 11 is 0. The average molecular weight is 333 g/mol. The highest BCUT2D eigenvalue weighted by atomic mass is 16.5. The number of hydrogen-bond donors (Lipinski definition) is 0. The molecule has 0 aliphatic carbocycles. The molecule has 0 unspecified atom stereocenters. The molecular formula is C18H27N3O3. The lowest BCUT2D eigenvalue weighted by Gasteiger charge is -2.39. The SMILES string of the molecule is Cc1ccoc1C(=O)N1C[C@@H](N2CCN(C)CC2)[C@H]2OCCC[C@H]21. The predicted octanol–water partition coefficient (Wildman–Crippen LogP) is 1.21. The molecule has 0 aromatic carbocycles. The van der Waals surface area contributed by atoms with Crippen LogP contribution in [0.2, 0.25) is 0 Å². The van der Waals surface area contributed by atoms with Crippen molar-refractivity contribution < 1.29 is 13.9 Å². The van der Waals surface area contributed by atoms with Gasteiger partial charge in [-0.2, -0.15) is 0 Å². The molecule has 1 aromatic rings. The second kappa shape index (κ2) is 6.50. The Balaban J connectivity index is 1.55. The highest BCUT2D eigenvalue weighted by molar-refractivity contribution is 5.93. The summed E-state index contributed by atoms with van der Waals surface area (Å²) in [6.45, 7) is 7.76. The second-order valence-corrected chi connectivity index (χ2v) is 7.34. The lowest BCUT2D eigenvalue weighted by molar-refractivity contribution is -0.0444. The number of hydrogen-bond acceptors (Lipinski definition) is 5. The molecule has 4 rings (SSSR count). The van der Waals surface area contributed by atoms with Crippen LogP contribution in [0.4, 0.5) is 0 Å². The van der Waals surface area contributed by atoms with Gasteiger partial charge in [-0.25, -0.2) is 0 Å². The summed E-state index contributed by atoms with van der Waals surface area (Å²) in [7, 11) is 2.17. The highest BCUT2D eigenvalue weighted by Gasteiger charge is 2.49. The molecule has 3 saturated heterocycles. The first-order valence-corrected chi connectivity index (χ1v) is 9.04. The van der Waals surface area contributed by atoms with Crippen molar-refractivity contribution in [2.75, 3.05) is 46.4 Å². The highest BCUT2D eigenvalue weighted by Crippen LogP contribution is 2.33. The molecular weight excluding hydrogens is 306 g/mol. The van der Waals surface area contributed by atoms with Crippen LogP contribution in [0.3, 0.4) is 0 Å². The Hall–Kier alpha value is -1.37. The van der Waals surface area contributed by atoms with Crippen molar-refractivity contribution >= 4 is 5.91 Å². The van der Waals surface area contributed by atoms with Gasteiger partial charge >= 0.3 is 0 Å². The van der Waals surface area contributed by atoms with Crippen molar-refractivity contribution in [2.45, 2.75) is 38.0 Å². The van der Waals surface area contributed by atoms with Gasteiger partial charge in [0.1, 0.15) is 0 Å². The van der Waals surface area contributed by atoms with E-state index in [-0.39, 0.29) is 18.1 Å². The van der Waals surface area contributed by atoms with Gasteiger partial charge < -0.3 is 19.0 Å². The number of likely N-dealkylation sites (tertiary alicyclic amines) is 1. The monoisotopic (exact) mass is 333 g/mol. The number of carbonyl (C=O) groups is 1. The largest absolute Gasteiger partial charge is 0.459 e. The summed E-state index contributed by atoms with van der Waals surface area (Å²) in [5.74, 6) is 0.507. The van der Waals surface area contributed by atoms with E-state index in [1.807, 2.05) is 17.9 Å². The minimum Gasteiger partial charge on any atom is -0.459 e. The average Bonchev–Trinajstić information content (AvgIpc) is 3.19. The molecule has 6 nitrogen and oxygen atoms in total. The number of rotatable bonds is 2. The van der Waals surface area contributed by atoms with Crippen LogP contribution in [-0.2, 0) is 4.74 Å². The van der Waals surface area contributed by atoms with Crippen LogP contribution < -0.4 is 0 Å². The predicted molar refractivity (Wildman–Crippen MR) is 90.1 cm³/mol. The van der Waals surface area contributed by atoms with Crippen LogP contribution in [0.25, 0.3) is 0 Å². The Morgan fingerprint density at radius 1 is 1.21 bits per heavy atom. The third-order valence-electron chi connectivity index (χ3n) is 5.82. The van der Waals surface area contributed by atoms with Crippen LogP contribution in [0, 0.1) is 6.92 Å². The molecule has 0 radical (unpaired) electrons. The molecule has 0 saturated carbocycles. The molecule has 0 bridgehead atoms. The molecule has 6 heteroatoms. The smallest absolute Gasteiger partial charge is 0.290 e. The maximum absolute atomic E-state index is 13.0. The molecule has 4 heterocycles. The van der Waals surface area contributed by atoms with E-state index in [0.29, 0.717) is 11.8 Å². The van der Waals surface area contributed by atoms with Crippen LogP contribution in [0.1, 0.15) is 29.0 Å². The minimum atomic E-state index is 0.0228. The Bertz CT molecular complexity index is 594. The lowest BCUT2D eigenvalue weighted by atomic mass is 9.99. The Morgan fingerprint density at radius 3 is 2.71 bits per heavy atom. The van der Waals surface area contributed by atoms with Gasteiger partial charge in [-0.15, -0.1) is 0 Å². The maximum Gasteiger partial charge on any atom is 0.290 e. The molecule has 24 heavy (non-hydrogen) atoms. The molecule has 1 amide bonds. The van der Waals surface area contributed by atoms with Crippen LogP contribution in [0.15, 0.2) is 16.7 Å². The van der Waals surface area contributed by atoms with E-state index in [2.05, 4.69) is 16.8 Å². The Labute approximate surface area is 143 Å². The third-order valence-corrected chi connectivity index (χ3v) is 5.82. The molecule has 0 N–H and O–H groups in total. The first kappa shape index (κ1) is 16.1. The van der Waals surface area contributed by atoms with Gasteiger partial charge in [0.05, 0.1) is 24.5 Å². The van der Waals surface area contributed by atoms with E-state index in [1.54, 1.807) is 6.26 Å². The number of aryl methyl sites for hydroxylation is 1. The zero-order chi connectivity index (χ0) is 16.7. The summed E-state index contributed by atoms with van der Waals surface area (Å²) in [4.78, 5) is 19.9. The fourth-order valence-corrected chi connectivity index (χ4v) is 4.36. The molecule has 1 aromatic heterocycles. The number of furan rings is 1. The van der Waals surface area contributed by atoms with Gasteiger partial charge in [0.2, 0.25) is 0 Å². The Morgan fingerprint density at radius 2 is 2.00 bits per heavy atom. The third kappa shape index (κ3) is 2.76. The van der Waals surface area contributed by atoms with Crippen LogP contribution in [0.5, 0.6) is 0 Å². The number of fused-ring (bicyclic) bond motifs is 1. The van der Waals surface area contributed by atoms with E-state index in [4.69, 9.17) is 9.15 Å². The fourth-order valence-electron chi connectivity index (χ4n) is 4.36. The van der Waals surface area contributed by atoms with Gasteiger partial charge in [-0.1, -0.05) is 0 Å². The zero-order valence-electron chi connectivity index (χ0n) is 14.6. The Kier molecular flexibility index (Phi) is 4.37. The van der Waals surface area contributed by atoms with Crippen molar-refractivity contribution in [1.82, 2.24) is 14.7 Å². The first-order chi connectivity index (χ1) is 11.6. The standard InChI is InChI=1S/C18H27N3O3/c1-13-5-11-24-16(13)18(22)21-12-15(17-14(21)4-3-10-23-17)20-8-6-19(2)7-9-20/h5,11,14-15,17H,3-4,6-10,12H2,1-2H3/t14-,15-,17+/m1/s1. The quantitative estimate of drug-likeness (QED) is 0.814. The zero-order valence-corrected chi connectivity index (χ0v) is 14.6. The van der Waals surface area contributed by atoms with Crippen molar-refractivity contribution in [3.05, 3.63) is 23.7 Å². The van der Waals surface area contributed by atoms with Gasteiger partial charge in [-0.05, 0) is 32.9 Å². The van der Waals surface area contributed by atoms with Crippen molar-refractivity contribution in [2.24, 2.45) is 0 Å². The summed E-state index contributed by atoms with van der Waals surface area (Å²) in [6.07, 6.45) is 3.80. The molecule has 3 aliphatic rings. The van der Waals surface area contributed by atoms with Crippen LogP contribution >= 0.6 is 0 Å². The fraction of sp³-hybridized carbons (Fsp3) is 0.722. The van der Waals surface area contributed by atoms with Crippen molar-refractivity contribution in [3.8, 4) is 0 Å².